The Morgan fingerprint density at radius 1 is 1.18 bits per heavy atom. The van der Waals surface area contributed by atoms with Crippen molar-refractivity contribution in [2.75, 3.05) is 25.1 Å². The van der Waals surface area contributed by atoms with E-state index in [1.54, 1.807) is 24.5 Å². The van der Waals surface area contributed by atoms with Gasteiger partial charge in [-0.25, -0.2) is 9.97 Å². The van der Waals surface area contributed by atoms with Crippen molar-refractivity contribution < 1.29 is 23.4 Å². The van der Waals surface area contributed by atoms with Crippen molar-refractivity contribution in [1.82, 2.24) is 14.5 Å². The van der Waals surface area contributed by atoms with Crippen molar-refractivity contribution in [3.8, 4) is 17.0 Å². The Bertz CT molecular complexity index is 1120. The van der Waals surface area contributed by atoms with Crippen molar-refractivity contribution in [3.05, 3.63) is 70.8 Å². The number of aliphatic hydroxyl groups is 1. The normalized spacial score (nSPS) is 15.4. The zero-order valence-electron chi connectivity index (χ0n) is 17.7. The van der Waals surface area contributed by atoms with Gasteiger partial charge in [0.1, 0.15) is 5.75 Å². The molecule has 3 heterocycles. The predicted molar refractivity (Wildman–Crippen MR) is 117 cm³/mol. The molecule has 1 atom stereocenters. The van der Waals surface area contributed by atoms with Crippen molar-refractivity contribution in [3.63, 3.8) is 0 Å². The number of pyridine rings is 1. The van der Waals surface area contributed by atoms with Crippen LogP contribution in [-0.4, -0.2) is 52.1 Å². The fraction of sp³-hybridized carbons (Fsp3) is 0.348. The first kappa shape index (κ1) is 22.8. The number of halogens is 2. The third kappa shape index (κ3) is 5.71. The smallest absolute Gasteiger partial charge is 0.387 e. The first-order chi connectivity index (χ1) is 16.0. The number of hydrogen-bond acceptors (Lipinski definition) is 7. The molecule has 0 saturated carbocycles. The third-order valence-corrected chi connectivity index (χ3v) is 5.45. The van der Waals surface area contributed by atoms with Gasteiger partial charge in [0.2, 0.25) is 5.95 Å². The van der Waals surface area contributed by atoms with Crippen molar-refractivity contribution >= 4 is 5.95 Å². The number of hydrogen-bond donors (Lipinski definition) is 2. The minimum absolute atomic E-state index is 0.00191. The van der Waals surface area contributed by atoms with Gasteiger partial charge in [0.25, 0.3) is 5.56 Å². The molecule has 0 radical (unpaired) electrons. The second kappa shape index (κ2) is 10.5. The maximum atomic E-state index is 12.9. The molecule has 33 heavy (non-hydrogen) atoms. The number of aliphatic hydroxyl groups excluding tert-OH is 1. The van der Waals surface area contributed by atoms with Crippen LogP contribution in [0.15, 0.2) is 59.7 Å². The Labute approximate surface area is 188 Å². The highest BCUT2D eigenvalue weighted by Gasteiger charge is 2.17. The highest BCUT2D eigenvalue weighted by Crippen LogP contribution is 2.23. The second-order valence-electron chi connectivity index (χ2n) is 7.60. The second-order valence-corrected chi connectivity index (χ2v) is 7.60. The van der Waals surface area contributed by atoms with Crippen LogP contribution in [0.2, 0.25) is 0 Å². The summed E-state index contributed by atoms with van der Waals surface area (Å²) >= 11 is 0. The molecule has 10 heteroatoms. The van der Waals surface area contributed by atoms with Gasteiger partial charge in [-0.1, -0.05) is 12.1 Å². The molecule has 3 aromatic rings. The van der Waals surface area contributed by atoms with Gasteiger partial charge in [-0.3, -0.25) is 4.79 Å². The van der Waals surface area contributed by atoms with Gasteiger partial charge in [-0.2, -0.15) is 8.78 Å². The Balaban J connectivity index is 1.53. The van der Waals surface area contributed by atoms with E-state index in [-0.39, 0.29) is 24.0 Å². The van der Waals surface area contributed by atoms with Gasteiger partial charge in [0.05, 0.1) is 18.3 Å². The zero-order chi connectivity index (χ0) is 23.2. The summed E-state index contributed by atoms with van der Waals surface area (Å²) in [4.78, 5) is 21.7. The molecule has 0 bridgehead atoms. The lowest BCUT2D eigenvalue weighted by Gasteiger charge is -2.23. The maximum absolute atomic E-state index is 12.9. The minimum atomic E-state index is -2.92. The molecule has 0 amide bonds. The molecular formula is C23H24F2N4O4. The van der Waals surface area contributed by atoms with Crippen LogP contribution in [0.1, 0.15) is 24.4 Å². The van der Waals surface area contributed by atoms with E-state index < -0.39 is 12.7 Å². The molecule has 1 aromatic carbocycles. The molecule has 2 N–H and O–H groups in total. The van der Waals surface area contributed by atoms with Crippen molar-refractivity contribution in [1.29, 1.82) is 0 Å². The molecule has 174 valence electrons. The highest BCUT2D eigenvalue weighted by molar-refractivity contribution is 5.59. The third-order valence-electron chi connectivity index (χ3n) is 5.45. The molecule has 0 aliphatic carbocycles. The number of nitrogens with one attached hydrogen (secondary N) is 1. The maximum Gasteiger partial charge on any atom is 0.387 e. The molecule has 1 aliphatic rings. The van der Waals surface area contributed by atoms with Crippen LogP contribution in [-0.2, 0) is 4.74 Å². The Hall–Kier alpha value is -3.37. The van der Waals surface area contributed by atoms with Gasteiger partial charge in [-0.15, -0.1) is 0 Å². The molecule has 8 nitrogen and oxygen atoms in total. The number of aromatic nitrogens is 3. The van der Waals surface area contributed by atoms with Gasteiger partial charge >= 0.3 is 6.61 Å². The van der Waals surface area contributed by atoms with Gasteiger partial charge in [0, 0.05) is 43.3 Å². The fourth-order valence-corrected chi connectivity index (χ4v) is 3.75. The predicted octanol–water partition coefficient (Wildman–Crippen LogP) is 3.08. The van der Waals surface area contributed by atoms with Crippen LogP contribution in [0, 0.1) is 0 Å². The summed E-state index contributed by atoms with van der Waals surface area (Å²) in [5, 5.41) is 13.2. The van der Waals surface area contributed by atoms with E-state index >= 15 is 0 Å². The van der Waals surface area contributed by atoms with Crippen LogP contribution in [0.25, 0.3) is 11.3 Å². The van der Waals surface area contributed by atoms with Crippen molar-refractivity contribution in [2.24, 2.45) is 0 Å². The van der Waals surface area contributed by atoms with E-state index in [1.165, 1.54) is 34.9 Å². The van der Waals surface area contributed by atoms with E-state index in [0.717, 1.165) is 12.8 Å². The lowest BCUT2D eigenvalue weighted by atomic mass is 10.1. The molecule has 1 saturated heterocycles. The number of rotatable bonds is 8. The number of ether oxygens (including phenoxy) is 2. The average Bonchev–Trinajstić information content (AvgIpc) is 2.82. The van der Waals surface area contributed by atoms with Gasteiger partial charge in [-0.05, 0) is 42.7 Å². The van der Waals surface area contributed by atoms with Crippen LogP contribution in [0.4, 0.5) is 14.7 Å². The summed E-state index contributed by atoms with van der Waals surface area (Å²) in [6.45, 7) is -1.87. The van der Waals surface area contributed by atoms with Crippen LogP contribution in [0.5, 0.6) is 5.75 Å². The fourth-order valence-electron chi connectivity index (χ4n) is 3.75. The minimum Gasteiger partial charge on any atom is -0.435 e. The quantitative estimate of drug-likeness (QED) is 0.535. The summed E-state index contributed by atoms with van der Waals surface area (Å²) in [6, 6.07) is 10.3. The summed E-state index contributed by atoms with van der Waals surface area (Å²) in [5.41, 5.74) is 1.46. The molecule has 4 rings (SSSR count). The van der Waals surface area contributed by atoms with Crippen LogP contribution in [0.3, 0.4) is 0 Å². The topological polar surface area (TPSA) is 98.5 Å². The van der Waals surface area contributed by atoms with E-state index in [1.807, 2.05) is 0 Å². The number of nitrogens with zero attached hydrogens (tertiary/aromatic N) is 3. The first-order valence-corrected chi connectivity index (χ1v) is 10.6. The molecule has 2 aromatic heterocycles. The van der Waals surface area contributed by atoms with Crippen molar-refractivity contribution in [2.45, 2.75) is 31.5 Å². The zero-order valence-corrected chi connectivity index (χ0v) is 17.7. The van der Waals surface area contributed by atoms with Gasteiger partial charge < -0.3 is 24.5 Å². The van der Waals surface area contributed by atoms with E-state index in [2.05, 4.69) is 20.0 Å². The molecule has 1 fully saturated rings. The number of anilines is 1. The Morgan fingerprint density at radius 2 is 1.94 bits per heavy atom. The Kier molecular flexibility index (Phi) is 7.26. The summed E-state index contributed by atoms with van der Waals surface area (Å²) in [6.07, 6.45) is 4.97. The van der Waals surface area contributed by atoms with Crippen LogP contribution >= 0.6 is 0 Å². The highest BCUT2D eigenvalue weighted by atomic mass is 19.3. The Morgan fingerprint density at radius 3 is 2.61 bits per heavy atom. The summed E-state index contributed by atoms with van der Waals surface area (Å²) in [7, 11) is 0. The molecule has 1 unspecified atom stereocenters. The molecular weight excluding hydrogens is 434 g/mol. The molecule has 1 aliphatic heterocycles. The lowest BCUT2D eigenvalue weighted by molar-refractivity contribution is -0.0498. The monoisotopic (exact) mass is 458 g/mol. The van der Waals surface area contributed by atoms with Crippen LogP contribution < -0.4 is 15.6 Å². The number of alkyl halides is 2. The van der Waals surface area contributed by atoms with Gasteiger partial charge in [0.15, 0.2) is 0 Å². The summed E-state index contributed by atoms with van der Waals surface area (Å²) in [5.74, 6) is 0.491. The summed E-state index contributed by atoms with van der Waals surface area (Å²) < 4.78 is 35.8. The lowest BCUT2D eigenvalue weighted by Crippen LogP contribution is -2.28. The van der Waals surface area contributed by atoms with E-state index in [4.69, 9.17) is 4.74 Å². The SMILES string of the molecule is O=c1cc(-c2ccnc(NC3CCOCC3)n2)ccn1C(CO)c1ccc(OC(F)F)cc1. The molecule has 0 spiro atoms. The standard InChI is InChI=1S/C23H24F2N4O4/c24-22(25)33-18-3-1-15(2-4-18)20(14-30)29-10-6-16(13-21(29)31)19-5-9-26-23(28-19)27-17-7-11-32-12-8-17/h1-6,9-10,13,17,20,22,30H,7-8,11-12,14H2,(H,26,27,28). The number of benzene rings is 1. The average molecular weight is 458 g/mol. The van der Waals surface area contributed by atoms with E-state index in [9.17, 15) is 18.7 Å². The van der Waals surface area contributed by atoms with E-state index in [0.29, 0.717) is 36.0 Å². The first-order valence-electron chi connectivity index (χ1n) is 10.6. The largest absolute Gasteiger partial charge is 0.435 e.